The van der Waals surface area contributed by atoms with Gasteiger partial charge in [0.2, 0.25) is 23.6 Å². The number of phenols is 1. The van der Waals surface area contributed by atoms with Crippen molar-refractivity contribution in [2.75, 3.05) is 13.2 Å². The number of aromatic hydroxyl groups is 1. The van der Waals surface area contributed by atoms with E-state index in [1.165, 1.54) is 17.0 Å². The highest BCUT2D eigenvalue weighted by Gasteiger charge is 2.38. The van der Waals surface area contributed by atoms with E-state index in [-0.39, 0.29) is 38.0 Å². The van der Waals surface area contributed by atoms with Crippen molar-refractivity contribution in [1.82, 2.24) is 15.5 Å². The molecule has 4 atom stereocenters. The summed E-state index contributed by atoms with van der Waals surface area (Å²) in [5.74, 6) is -4.12. The molecule has 13 heteroatoms. The van der Waals surface area contributed by atoms with Crippen molar-refractivity contribution in [2.24, 2.45) is 11.5 Å². The van der Waals surface area contributed by atoms with Crippen LogP contribution in [-0.4, -0.2) is 87.1 Å². The third kappa shape index (κ3) is 7.93. The molecular weight excluding hydrogens is 462 g/mol. The molecule has 4 amide bonds. The molecule has 0 spiro atoms. The lowest BCUT2D eigenvalue weighted by atomic mass is 10.0. The predicted molar refractivity (Wildman–Crippen MR) is 122 cm³/mol. The van der Waals surface area contributed by atoms with Crippen molar-refractivity contribution in [2.45, 2.75) is 56.3 Å². The summed E-state index contributed by atoms with van der Waals surface area (Å²) in [6.45, 7) is -0.603. The minimum Gasteiger partial charge on any atom is -0.508 e. The highest BCUT2D eigenvalue weighted by Crippen LogP contribution is 2.20. The average molecular weight is 494 g/mol. The van der Waals surface area contributed by atoms with E-state index >= 15 is 0 Å². The van der Waals surface area contributed by atoms with Gasteiger partial charge in [-0.05, 0) is 37.0 Å². The Morgan fingerprint density at radius 2 is 1.69 bits per heavy atom. The van der Waals surface area contributed by atoms with Gasteiger partial charge in [-0.3, -0.25) is 19.2 Å². The molecule has 1 aliphatic heterocycles. The van der Waals surface area contributed by atoms with E-state index in [0.717, 1.165) is 0 Å². The number of aliphatic carboxylic acids is 1. The number of carbonyl (C=O) groups is 5. The fraction of sp³-hybridized carbons (Fsp3) is 0.500. The molecule has 192 valence electrons. The van der Waals surface area contributed by atoms with Crippen molar-refractivity contribution >= 4 is 29.6 Å². The van der Waals surface area contributed by atoms with Gasteiger partial charge in [0.1, 0.15) is 23.9 Å². The number of rotatable bonds is 12. The molecular formula is C22H31N5O8. The molecule has 35 heavy (non-hydrogen) atoms. The minimum atomic E-state index is -1.45. The highest BCUT2D eigenvalue weighted by molar-refractivity contribution is 5.94. The number of nitrogens with zero attached hydrogens (tertiary/aromatic N) is 1. The monoisotopic (exact) mass is 493 g/mol. The quantitative estimate of drug-likeness (QED) is 0.164. The fourth-order valence-electron chi connectivity index (χ4n) is 3.73. The van der Waals surface area contributed by atoms with E-state index in [0.29, 0.717) is 12.0 Å². The molecule has 1 aliphatic rings. The number of nitrogens with two attached hydrogens (primary N) is 2. The smallest absolute Gasteiger partial charge is 0.326 e. The van der Waals surface area contributed by atoms with E-state index in [9.17, 15) is 39.3 Å². The number of hydrogen-bond acceptors (Lipinski definition) is 8. The molecule has 4 unspecified atom stereocenters. The number of primary amides is 1. The number of carbonyl (C=O) groups excluding carboxylic acids is 4. The summed E-state index contributed by atoms with van der Waals surface area (Å²) in [4.78, 5) is 62.0. The third-order valence-corrected chi connectivity index (χ3v) is 5.67. The Morgan fingerprint density at radius 1 is 1.06 bits per heavy atom. The molecule has 0 radical (unpaired) electrons. The van der Waals surface area contributed by atoms with Crippen LogP contribution in [-0.2, 0) is 30.4 Å². The van der Waals surface area contributed by atoms with Crippen LogP contribution in [0.1, 0.15) is 31.2 Å². The Kier molecular flexibility index (Phi) is 9.97. The van der Waals surface area contributed by atoms with Gasteiger partial charge in [0.05, 0.1) is 12.6 Å². The molecule has 1 heterocycles. The predicted octanol–water partition coefficient (Wildman–Crippen LogP) is -2.43. The average Bonchev–Trinajstić information content (AvgIpc) is 3.31. The van der Waals surface area contributed by atoms with Crippen molar-refractivity contribution in [3.63, 3.8) is 0 Å². The number of likely N-dealkylation sites (tertiary alicyclic amines) is 1. The lowest BCUT2D eigenvalue weighted by molar-refractivity contribution is -0.149. The zero-order valence-corrected chi connectivity index (χ0v) is 19.1. The summed E-state index contributed by atoms with van der Waals surface area (Å²) >= 11 is 0. The van der Waals surface area contributed by atoms with Crippen LogP contribution in [0.15, 0.2) is 24.3 Å². The molecule has 2 rings (SSSR count). The lowest BCUT2D eigenvalue weighted by Crippen LogP contribution is -2.58. The molecule has 1 fully saturated rings. The molecule has 0 saturated carbocycles. The Labute approximate surface area is 201 Å². The fourth-order valence-corrected chi connectivity index (χ4v) is 3.73. The number of aliphatic hydroxyl groups is 1. The molecule has 0 bridgehead atoms. The Bertz CT molecular complexity index is 938. The summed E-state index contributed by atoms with van der Waals surface area (Å²) in [5, 5.41) is 33.4. The summed E-state index contributed by atoms with van der Waals surface area (Å²) in [6.07, 6.45) is 0.529. The van der Waals surface area contributed by atoms with Crippen LogP contribution in [0, 0.1) is 0 Å². The second kappa shape index (κ2) is 12.7. The number of phenolic OH excluding ortho intramolecular Hbond substituents is 1. The number of nitrogens with one attached hydrogen (secondary N) is 2. The van der Waals surface area contributed by atoms with Gasteiger partial charge < -0.3 is 42.3 Å². The Hall–Kier alpha value is -3.71. The van der Waals surface area contributed by atoms with Gasteiger partial charge in [-0.25, -0.2) is 4.79 Å². The summed E-state index contributed by atoms with van der Waals surface area (Å²) in [7, 11) is 0. The first-order chi connectivity index (χ1) is 16.5. The zero-order chi connectivity index (χ0) is 26.1. The van der Waals surface area contributed by atoms with E-state index < -0.39 is 60.4 Å². The standard InChI is InChI=1S/C22H31N5O8/c23-14(7-8-18(24)30)19(31)26-16(11-28)20(32)25-15(10-12-3-5-13(29)6-4-12)21(33)27-9-1-2-17(27)22(34)35/h3-6,14-17,28-29H,1-2,7-11,23H2,(H2,24,30)(H,25,32)(H,26,31)(H,34,35). The van der Waals surface area contributed by atoms with Crippen molar-refractivity contribution in [1.29, 1.82) is 0 Å². The van der Waals surface area contributed by atoms with E-state index in [2.05, 4.69) is 10.6 Å². The molecule has 9 N–H and O–H groups in total. The SMILES string of the molecule is NC(=O)CCC(N)C(=O)NC(CO)C(=O)NC(Cc1ccc(O)cc1)C(=O)N1CCCC1C(=O)O. The van der Waals surface area contributed by atoms with E-state index in [1.54, 1.807) is 12.1 Å². The van der Waals surface area contributed by atoms with Crippen LogP contribution in [0.4, 0.5) is 0 Å². The number of benzene rings is 1. The van der Waals surface area contributed by atoms with Crippen LogP contribution >= 0.6 is 0 Å². The van der Waals surface area contributed by atoms with Gasteiger partial charge in [-0.2, -0.15) is 0 Å². The van der Waals surface area contributed by atoms with Gasteiger partial charge in [0.15, 0.2) is 0 Å². The second-order valence-electron chi connectivity index (χ2n) is 8.31. The van der Waals surface area contributed by atoms with Crippen LogP contribution in [0.25, 0.3) is 0 Å². The number of hydrogen-bond donors (Lipinski definition) is 7. The molecule has 1 aromatic rings. The number of amides is 4. The Morgan fingerprint density at radius 3 is 2.26 bits per heavy atom. The first kappa shape index (κ1) is 27.5. The van der Waals surface area contributed by atoms with Gasteiger partial charge in [-0.15, -0.1) is 0 Å². The largest absolute Gasteiger partial charge is 0.508 e. The molecule has 0 aliphatic carbocycles. The van der Waals surface area contributed by atoms with Crippen LogP contribution < -0.4 is 22.1 Å². The van der Waals surface area contributed by atoms with Crippen molar-refractivity contribution in [3.8, 4) is 5.75 Å². The normalized spacial score (nSPS) is 17.8. The maximum absolute atomic E-state index is 13.2. The summed E-state index contributed by atoms with van der Waals surface area (Å²) in [5.41, 5.74) is 11.3. The van der Waals surface area contributed by atoms with Crippen molar-refractivity contribution in [3.05, 3.63) is 29.8 Å². The van der Waals surface area contributed by atoms with Gasteiger partial charge in [0, 0.05) is 19.4 Å². The highest BCUT2D eigenvalue weighted by atomic mass is 16.4. The van der Waals surface area contributed by atoms with E-state index in [4.69, 9.17) is 11.5 Å². The van der Waals surface area contributed by atoms with Crippen LogP contribution in [0.2, 0.25) is 0 Å². The zero-order valence-electron chi connectivity index (χ0n) is 19.1. The van der Waals surface area contributed by atoms with Gasteiger partial charge in [-0.1, -0.05) is 12.1 Å². The Balaban J connectivity index is 2.17. The number of aliphatic hydroxyl groups excluding tert-OH is 1. The molecule has 13 nitrogen and oxygen atoms in total. The minimum absolute atomic E-state index is 0.00174. The first-order valence-electron chi connectivity index (χ1n) is 11.1. The number of carboxylic acids is 1. The first-order valence-corrected chi connectivity index (χ1v) is 11.1. The summed E-state index contributed by atoms with van der Waals surface area (Å²) < 4.78 is 0. The molecule has 1 saturated heterocycles. The topological polar surface area (TPSA) is 225 Å². The lowest BCUT2D eigenvalue weighted by Gasteiger charge is -2.28. The molecule has 0 aromatic heterocycles. The maximum Gasteiger partial charge on any atom is 0.326 e. The maximum atomic E-state index is 13.2. The third-order valence-electron chi connectivity index (χ3n) is 5.67. The van der Waals surface area contributed by atoms with Crippen molar-refractivity contribution < 1.29 is 39.3 Å². The van der Waals surface area contributed by atoms with Gasteiger partial charge >= 0.3 is 5.97 Å². The van der Waals surface area contributed by atoms with Crippen LogP contribution in [0.5, 0.6) is 5.75 Å². The molecule has 1 aromatic carbocycles. The van der Waals surface area contributed by atoms with Crippen LogP contribution in [0.3, 0.4) is 0 Å². The van der Waals surface area contributed by atoms with E-state index in [1.807, 2.05) is 0 Å². The van der Waals surface area contributed by atoms with Gasteiger partial charge in [0.25, 0.3) is 0 Å². The second-order valence-corrected chi connectivity index (χ2v) is 8.31. The summed E-state index contributed by atoms with van der Waals surface area (Å²) in [6, 6.07) is 1.05. The number of carboxylic acid groups (broad SMARTS) is 1.